The number of carboxylic acid groups (broad SMARTS) is 1. The molecule has 0 saturated carbocycles. The fraction of sp³-hybridized carbons (Fsp3) is 0.354. The molecule has 1 fully saturated rings. The van der Waals surface area contributed by atoms with Crippen LogP contribution in [0.2, 0.25) is 0 Å². The second kappa shape index (κ2) is 19.1. The van der Waals surface area contributed by atoms with Gasteiger partial charge in [0, 0.05) is 42.6 Å². The third-order valence-electron chi connectivity index (χ3n) is 10.9. The number of hydrogen-bond acceptors (Lipinski definition) is 6. The Bertz CT molecular complexity index is 2180. The predicted octanol–water partition coefficient (Wildman–Crippen LogP) is 7.68. The van der Waals surface area contributed by atoms with Crippen molar-refractivity contribution in [2.45, 2.75) is 91.2 Å². The van der Waals surface area contributed by atoms with Crippen LogP contribution < -0.4 is 5.32 Å². The number of aliphatic hydroxyl groups excluding tert-OH is 1. The highest BCUT2D eigenvalue weighted by atomic mass is 16.4. The first-order valence-electron chi connectivity index (χ1n) is 20.3. The van der Waals surface area contributed by atoms with Crippen molar-refractivity contribution >= 4 is 18.0 Å². The Kier molecular flexibility index (Phi) is 13.8. The van der Waals surface area contributed by atoms with Gasteiger partial charge in [0.1, 0.15) is 6.04 Å². The molecule has 0 radical (unpaired) electrons. The van der Waals surface area contributed by atoms with Crippen molar-refractivity contribution in [2.24, 2.45) is 5.41 Å². The van der Waals surface area contributed by atoms with Gasteiger partial charge in [0.05, 0.1) is 30.1 Å². The zero-order valence-corrected chi connectivity index (χ0v) is 34.7. The second-order valence-electron chi connectivity index (χ2n) is 16.7. The lowest BCUT2D eigenvalue weighted by Gasteiger charge is -2.38. The number of amides is 4. The van der Waals surface area contributed by atoms with Crippen LogP contribution in [0.5, 0.6) is 0 Å². The molecule has 0 aliphatic carbocycles. The van der Waals surface area contributed by atoms with E-state index in [4.69, 9.17) is 0 Å². The number of urea groups is 1. The number of aromatic nitrogens is 2. The molecule has 1 aliphatic heterocycles. The summed E-state index contributed by atoms with van der Waals surface area (Å²) in [5.74, 6) is -0.328. The van der Waals surface area contributed by atoms with Crippen molar-refractivity contribution in [3.8, 4) is 11.3 Å². The fourth-order valence-electron chi connectivity index (χ4n) is 8.01. The summed E-state index contributed by atoms with van der Waals surface area (Å²) in [4.78, 5) is 55.5. The van der Waals surface area contributed by atoms with Crippen molar-refractivity contribution in [3.63, 3.8) is 0 Å². The highest BCUT2D eigenvalue weighted by Gasteiger charge is 2.44. The van der Waals surface area contributed by atoms with E-state index in [2.05, 4.69) is 15.3 Å². The molecular formula is C48H56N6O5. The number of aryl methyl sites for hydroxylation is 2. The molecule has 5 aromatic rings. The molecule has 3 N–H and O–H groups in total. The molecule has 59 heavy (non-hydrogen) atoms. The molecule has 11 nitrogen and oxygen atoms in total. The average Bonchev–Trinajstić information content (AvgIpc) is 3.54. The summed E-state index contributed by atoms with van der Waals surface area (Å²) in [5.41, 5.74) is 6.27. The molecule has 4 atom stereocenters. The number of carbonyl (C=O) groups excluding carboxylic acids is 2. The normalized spacial score (nSPS) is 15.1. The quantitative estimate of drug-likeness (QED) is 0.0931. The van der Waals surface area contributed by atoms with Crippen LogP contribution in [0.25, 0.3) is 11.3 Å². The van der Waals surface area contributed by atoms with E-state index < -0.39 is 35.7 Å². The van der Waals surface area contributed by atoms with Crippen LogP contribution in [0.3, 0.4) is 0 Å². The van der Waals surface area contributed by atoms with Gasteiger partial charge in [-0.3, -0.25) is 19.7 Å². The van der Waals surface area contributed by atoms with Crippen LogP contribution in [0.15, 0.2) is 121 Å². The largest absolute Gasteiger partial charge is 0.465 e. The summed E-state index contributed by atoms with van der Waals surface area (Å²) in [6.07, 6.45) is -1.66. The van der Waals surface area contributed by atoms with Gasteiger partial charge in [0.2, 0.25) is 5.91 Å². The number of rotatable bonds is 16. The van der Waals surface area contributed by atoms with Crippen LogP contribution in [0.4, 0.5) is 9.59 Å². The van der Waals surface area contributed by atoms with Crippen molar-refractivity contribution in [1.82, 2.24) is 30.0 Å². The Labute approximate surface area is 347 Å². The summed E-state index contributed by atoms with van der Waals surface area (Å²) < 4.78 is 0. The third kappa shape index (κ3) is 11.3. The van der Waals surface area contributed by atoms with E-state index in [9.17, 15) is 24.6 Å². The average molecular weight is 797 g/mol. The summed E-state index contributed by atoms with van der Waals surface area (Å²) in [5, 5.41) is 26.2. The number of pyridine rings is 2. The Balaban J connectivity index is 1.27. The molecule has 1 aliphatic rings. The third-order valence-corrected chi connectivity index (χ3v) is 10.9. The highest BCUT2D eigenvalue weighted by Crippen LogP contribution is 2.30. The minimum Gasteiger partial charge on any atom is -0.465 e. The molecule has 3 aromatic carbocycles. The standard InChI is InChI=1S/C48H56N6O5/c1-33-14-12-20-39(49-33)32-52-26-27-53(46(52)57)44(48(3,4)5)45(56)51-40(28-35-16-8-6-9-17-35)30-43(55)42(54(47(58)59)31-37-18-10-7-11-19-37)29-36-22-24-38(25-23-36)41-21-13-15-34(2)50-41/h6-25,40,42-44,55H,26-32H2,1-5H3,(H,51,56)(H,58,59)/t40-,42-,43-,44+/m0/s1. The lowest BCUT2D eigenvalue weighted by Crippen LogP contribution is -2.57. The van der Waals surface area contributed by atoms with Gasteiger partial charge in [0.15, 0.2) is 0 Å². The maximum atomic E-state index is 14.6. The smallest absolute Gasteiger partial charge is 0.407 e. The molecule has 0 spiro atoms. The molecule has 1 saturated heterocycles. The SMILES string of the molecule is Cc1cccc(CN2CCN([C@H](C(=O)N[C@@H](Cc3ccccc3)C[C@H](O)[C@H](Cc3ccc(-c4cccc(C)n4)cc3)N(Cc3ccccc3)C(=O)O)C(C)(C)C)C2=O)n1. The fourth-order valence-corrected chi connectivity index (χ4v) is 8.01. The van der Waals surface area contributed by atoms with Gasteiger partial charge in [-0.25, -0.2) is 9.59 Å². The predicted molar refractivity (Wildman–Crippen MR) is 229 cm³/mol. The van der Waals surface area contributed by atoms with Gasteiger partial charge in [-0.2, -0.15) is 0 Å². The van der Waals surface area contributed by atoms with Crippen LogP contribution in [-0.4, -0.2) is 90.2 Å². The zero-order chi connectivity index (χ0) is 42.1. The molecule has 6 rings (SSSR count). The lowest BCUT2D eigenvalue weighted by molar-refractivity contribution is -0.129. The van der Waals surface area contributed by atoms with Crippen molar-refractivity contribution in [2.75, 3.05) is 13.1 Å². The Morgan fingerprint density at radius 2 is 1.37 bits per heavy atom. The number of carbonyl (C=O) groups is 3. The van der Waals surface area contributed by atoms with E-state index in [1.807, 2.05) is 156 Å². The number of nitrogens with zero attached hydrogens (tertiary/aromatic N) is 5. The number of nitrogens with one attached hydrogen (secondary N) is 1. The minimum atomic E-state index is -1.18. The van der Waals surface area contributed by atoms with Gasteiger partial charge in [0.25, 0.3) is 0 Å². The minimum absolute atomic E-state index is 0.0606. The molecule has 2 aromatic heterocycles. The van der Waals surface area contributed by atoms with E-state index in [0.717, 1.165) is 45.0 Å². The van der Waals surface area contributed by atoms with Gasteiger partial charge in [-0.05, 0) is 79.5 Å². The van der Waals surface area contributed by atoms with Crippen molar-refractivity contribution in [3.05, 3.63) is 155 Å². The summed E-state index contributed by atoms with van der Waals surface area (Å²) >= 11 is 0. The van der Waals surface area contributed by atoms with Crippen molar-refractivity contribution in [1.29, 1.82) is 0 Å². The number of hydrogen-bond donors (Lipinski definition) is 3. The van der Waals surface area contributed by atoms with Crippen LogP contribution in [0, 0.1) is 19.3 Å². The molecule has 3 heterocycles. The summed E-state index contributed by atoms with van der Waals surface area (Å²) in [7, 11) is 0. The molecule has 0 unspecified atom stereocenters. The maximum Gasteiger partial charge on any atom is 0.407 e. The van der Waals surface area contributed by atoms with Gasteiger partial charge >= 0.3 is 12.1 Å². The molecule has 0 bridgehead atoms. The Hall–Kier alpha value is -6.07. The molecule has 308 valence electrons. The van der Waals surface area contributed by atoms with E-state index in [-0.39, 0.29) is 31.3 Å². The first kappa shape index (κ1) is 42.5. The van der Waals surface area contributed by atoms with Crippen molar-refractivity contribution < 1.29 is 24.6 Å². The Morgan fingerprint density at radius 3 is 1.98 bits per heavy atom. The van der Waals surface area contributed by atoms with Gasteiger partial charge in [-0.15, -0.1) is 0 Å². The van der Waals surface area contributed by atoms with Crippen LogP contribution in [-0.2, 0) is 30.7 Å². The molecule has 4 amide bonds. The van der Waals surface area contributed by atoms with Gasteiger partial charge in [-0.1, -0.05) is 118 Å². The zero-order valence-electron chi connectivity index (χ0n) is 34.7. The van der Waals surface area contributed by atoms with E-state index in [1.54, 1.807) is 9.80 Å². The highest BCUT2D eigenvalue weighted by molar-refractivity contribution is 5.89. The van der Waals surface area contributed by atoms with Gasteiger partial charge < -0.3 is 25.3 Å². The molecule has 11 heteroatoms. The topological polar surface area (TPSA) is 139 Å². The van der Waals surface area contributed by atoms with E-state index in [0.29, 0.717) is 26.1 Å². The van der Waals surface area contributed by atoms with E-state index >= 15 is 0 Å². The maximum absolute atomic E-state index is 14.6. The second-order valence-corrected chi connectivity index (χ2v) is 16.7. The van der Waals surface area contributed by atoms with Crippen LogP contribution in [0.1, 0.15) is 61.0 Å². The first-order chi connectivity index (χ1) is 28.2. The van der Waals surface area contributed by atoms with E-state index in [1.165, 1.54) is 4.90 Å². The number of benzene rings is 3. The summed E-state index contributed by atoms with van der Waals surface area (Å²) in [6, 6.07) is 35.9. The summed E-state index contributed by atoms with van der Waals surface area (Å²) in [6.45, 7) is 10.9. The molecular weight excluding hydrogens is 741 g/mol. The number of aliphatic hydroxyl groups is 1. The first-order valence-corrected chi connectivity index (χ1v) is 20.3. The Morgan fingerprint density at radius 1 is 0.763 bits per heavy atom. The lowest BCUT2D eigenvalue weighted by atomic mass is 9.84. The monoisotopic (exact) mass is 796 g/mol. The van der Waals surface area contributed by atoms with Crippen LogP contribution >= 0.6 is 0 Å².